The number of hydrogen-bond donors (Lipinski definition) is 4. The molecule has 0 saturated heterocycles. The van der Waals surface area contributed by atoms with Crippen molar-refractivity contribution >= 4 is 29.0 Å². The Balaban J connectivity index is 0.000000163. The molecule has 3 aromatic rings. The van der Waals surface area contributed by atoms with Gasteiger partial charge in [0.2, 0.25) is 0 Å². The molecule has 1 aromatic carbocycles. The summed E-state index contributed by atoms with van der Waals surface area (Å²) < 4.78 is 0. The quantitative estimate of drug-likeness (QED) is 0.476. The number of H-pyrrole nitrogens is 1. The summed E-state index contributed by atoms with van der Waals surface area (Å²) >= 11 is 0. The van der Waals surface area contributed by atoms with Gasteiger partial charge in [0.15, 0.2) is 0 Å². The van der Waals surface area contributed by atoms with Gasteiger partial charge in [0, 0.05) is 62.0 Å². The van der Waals surface area contributed by atoms with Crippen molar-refractivity contribution in [2.45, 2.75) is 19.3 Å². The minimum absolute atomic E-state index is 0.625. The maximum atomic E-state index is 6.78. The number of nitrogens with zero attached hydrogens (tertiary/aromatic N) is 2. The smallest absolute Gasteiger partial charge is 0.0701 e. The molecular weight excluding hydrogens is 372 g/mol. The Kier molecular flexibility index (Phi) is 10.2. The number of nitrogens with two attached hydrogens (primary N) is 1. The number of rotatable bonds is 3. The number of benzene rings is 1. The van der Waals surface area contributed by atoms with Gasteiger partial charge in [-0.05, 0) is 37.3 Å². The van der Waals surface area contributed by atoms with Gasteiger partial charge < -0.3 is 21.4 Å². The molecule has 0 saturated carbocycles. The number of aromatic amines is 1. The Morgan fingerprint density at radius 2 is 2.00 bits per heavy atom. The highest BCUT2D eigenvalue weighted by Crippen LogP contribution is 2.09. The van der Waals surface area contributed by atoms with Crippen molar-refractivity contribution in [2.24, 2.45) is 4.99 Å². The van der Waals surface area contributed by atoms with Crippen LogP contribution < -0.4 is 11.1 Å². The summed E-state index contributed by atoms with van der Waals surface area (Å²) in [5.41, 5.74) is 9.21. The van der Waals surface area contributed by atoms with Gasteiger partial charge in [-0.25, -0.2) is 0 Å². The van der Waals surface area contributed by atoms with E-state index in [-0.39, 0.29) is 0 Å². The van der Waals surface area contributed by atoms with Crippen LogP contribution in [-0.2, 0) is 0 Å². The van der Waals surface area contributed by atoms with E-state index in [1.165, 1.54) is 17.2 Å². The van der Waals surface area contributed by atoms with Gasteiger partial charge >= 0.3 is 0 Å². The lowest BCUT2D eigenvalue weighted by Crippen LogP contribution is -1.94. The fourth-order valence-electron chi connectivity index (χ4n) is 2.72. The molecule has 1 aliphatic rings. The van der Waals surface area contributed by atoms with Gasteiger partial charge in [-0.15, -0.1) is 0 Å². The summed E-state index contributed by atoms with van der Waals surface area (Å²) in [5.74, 6) is 0. The second-order valence-corrected chi connectivity index (χ2v) is 6.54. The first-order valence-corrected chi connectivity index (χ1v) is 9.98. The normalized spacial score (nSPS) is 14.9. The highest BCUT2D eigenvalue weighted by Gasteiger charge is 1.94. The molecule has 6 heteroatoms. The third kappa shape index (κ3) is 8.14. The molecule has 4 rings (SSSR count). The SMILES string of the molecule is CN/C=C\C1=C\CC=NCCC1.N=Cc1c[nH]cc1N.c1ccc2ncccc2c1. The van der Waals surface area contributed by atoms with Crippen molar-refractivity contribution in [2.75, 3.05) is 19.3 Å². The topological polar surface area (TPSA) is 103 Å². The van der Waals surface area contributed by atoms with Crippen molar-refractivity contribution in [1.82, 2.24) is 15.3 Å². The molecule has 0 bridgehead atoms. The second kappa shape index (κ2) is 13.5. The molecule has 1 aliphatic heterocycles. The first-order chi connectivity index (χ1) is 14.7. The Hall–Kier alpha value is -3.67. The molecule has 3 heterocycles. The zero-order valence-electron chi connectivity index (χ0n) is 17.4. The number of pyridine rings is 1. The van der Waals surface area contributed by atoms with E-state index in [1.54, 1.807) is 12.4 Å². The molecule has 0 aliphatic carbocycles. The van der Waals surface area contributed by atoms with Crippen LogP contribution in [0.15, 0.2) is 83.9 Å². The lowest BCUT2D eigenvalue weighted by Gasteiger charge is -2.03. The van der Waals surface area contributed by atoms with Gasteiger partial charge in [0.1, 0.15) is 0 Å². The van der Waals surface area contributed by atoms with Gasteiger partial charge in [-0.2, -0.15) is 0 Å². The number of nitrogen functional groups attached to an aromatic ring is 1. The van der Waals surface area contributed by atoms with Crippen molar-refractivity contribution in [3.8, 4) is 0 Å². The molecule has 0 spiro atoms. The Morgan fingerprint density at radius 1 is 1.17 bits per heavy atom. The van der Waals surface area contributed by atoms with Crippen molar-refractivity contribution in [1.29, 1.82) is 5.41 Å². The van der Waals surface area contributed by atoms with Crippen molar-refractivity contribution in [3.63, 3.8) is 0 Å². The molecule has 5 N–H and O–H groups in total. The molecule has 30 heavy (non-hydrogen) atoms. The molecule has 0 radical (unpaired) electrons. The van der Waals surface area contributed by atoms with Crippen LogP contribution in [0.25, 0.3) is 10.9 Å². The van der Waals surface area contributed by atoms with E-state index < -0.39 is 0 Å². The number of nitrogens with one attached hydrogen (secondary N) is 3. The minimum Gasteiger partial charge on any atom is -0.397 e. The summed E-state index contributed by atoms with van der Waals surface area (Å²) in [6.07, 6.45) is 18.0. The number of aliphatic imine (C=N–C) groups is 1. The highest BCUT2D eigenvalue weighted by atomic mass is 14.8. The summed E-state index contributed by atoms with van der Waals surface area (Å²) in [6, 6.07) is 12.1. The van der Waals surface area contributed by atoms with Gasteiger partial charge in [-0.3, -0.25) is 9.98 Å². The van der Waals surface area contributed by atoms with Crippen LogP contribution in [-0.4, -0.2) is 36.0 Å². The van der Waals surface area contributed by atoms with Gasteiger partial charge in [0.05, 0.1) is 11.2 Å². The largest absolute Gasteiger partial charge is 0.397 e. The molecule has 0 fully saturated rings. The van der Waals surface area contributed by atoms with Gasteiger partial charge in [-0.1, -0.05) is 35.9 Å². The minimum atomic E-state index is 0.625. The van der Waals surface area contributed by atoms with Crippen LogP contribution in [0.3, 0.4) is 0 Å². The van der Waals surface area contributed by atoms with Crippen LogP contribution in [0.1, 0.15) is 24.8 Å². The lowest BCUT2D eigenvalue weighted by molar-refractivity contribution is 0.828. The molecule has 0 unspecified atom stereocenters. The molecule has 6 nitrogen and oxygen atoms in total. The van der Waals surface area contributed by atoms with Crippen LogP contribution in [0.4, 0.5) is 5.69 Å². The molecule has 2 aromatic heterocycles. The summed E-state index contributed by atoms with van der Waals surface area (Å²) in [7, 11) is 1.92. The molecule has 156 valence electrons. The molecule has 0 atom stereocenters. The number of aromatic nitrogens is 2. The Morgan fingerprint density at radius 3 is 2.70 bits per heavy atom. The number of fused-ring (bicyclic) bond motifs is 1. The predicted molar refractivity (Wildman–Crippen MR) is 128 cm³/mol. The fourth-order valence-corrected chi connectivity index (χ4v) is 2.72. The van der Waals surface area contributed by atoms with Crippen molar-refractivity contribution in [3.05, 3.63) is 84.5 Å². The van der Waals surface area contributed by atoms with E-state index in [0.717, 1.165) is 36.9 Å². The third-order valence-electron chi connectivity index (χ3n) is 4.31. The van der Waals surface area contributed by atoms with Crippen LogP contribution in [0, 0.1) is 5.41 Å². The number of hydrogen-bond acceptors (Lipinski definition) is 5. The first kappa shape index (κ1) is 22.6. The average Bonchev–Trinajstić information content (AvgIpc) is 3.19. The fraction of sp³-hybridized carbons (Fsp3) is 0.208. The number of anilines is 1. The van der Waals surface area contributed by atoms with E-state index in [2.05, 4.69) is 44.6 Å². The lowest BCUT2D eigenvalue weighted by atomic mass is 10.1. The van der Waals surface area contributed by atoms with Crippen LogP contribution in [0.5, 0.6) is 0 Å². The first-order valence-electron chi connectivity index (χ1n) is 9.98. The number of para-hydroxylation sites is 1. The highest BCUT2D eigenvalue weighted by molar-refractivity contribution is 5.84. The van der Waals surface area contributed by atoms with E-state index >= 15 is 0 Å². The van der Waals surface area contributed by atoms with E-state index in [0.29, 0.717) is 5.69 Å². The van der Waals surface area contributed by atoms with Crippen LogP contribution in [0.2, 0.25) is 0 Å². The van der Waals surface area contributed by atoms with Gasteiger partial charge in [0.25, 0.3) is 0 Å². The standard InChI is InChI=1S/C10H16N2.C9H7N.C5H7N3/c1-11-9-6-10-4-2-7-12-8-3-5-10;1-2-6-9-8(4-1)5-3-7-10-9;6-1-4-2-8-3-5(4)7/h4,6-7,9,11H,2-3,5,8H2,1H3;1-7H;1-3,6,8H,7H2/b9-6-,10-4+,12-7?;;. The zero-order chi connectivity index (χ0) is 21.4. The maximum absolute atomic E-state index is 6.78. The van der Waals surface area contributed by atoms with E-state index in [1.807, 2.05) is 49.9 Å². The second-order valence-electron chi connectivity index (χ2n) is 6.54. The average molecular weight is 403 g/mol. The van der Waals surface area contributed by atoms with E-state index in [9.17, 15) is 0 Å². The third-order valence-corrected chi connectivity index (χ3v) is 4.31. The molecular formula is C24H30N6. The predicted octanol–water partition coefficient (Wildman–Crippen LogP) is 4.73. The van der Waals surface area contributed by atoms with E-state index in [4.69, 9.17) is 11.1 Å². The Bertz CT molecular complexity index is 919. The Labute approximate surface area is 178 Å². The number of allylic oxidation sites excluding steroid dienone is 3. The summed E-state index contributed by atoms with van der Waals surface area (Å²) in [6.45, 7) is 0.977. The molecule has 0 amide bonds. The monoisotopic (exact) mass is 402 g/mol. The summed E-state index contributed by atoms with van der Waals surface area (Å²) in [5, 5.41) is 11.0. The van der Waals surface area contributed by atoms with Crippen molar-refractivity contribution < 1.29 is 0 Å². The maximum Gasteiger partial charge on any atom is 0.0701 e. The van der Waals surface area contributed by atoms with Crippen LogP contribution >= 0.6 is 0 Å². The summed E-state index contributed by atoms with van der Waals surface area (Å²) in [4.78, 5) is 11.2. The zero-order valence-corrected chi connectivity index (χ0v) is 17.4.